The molecule has 1 aliphatic carbocycles. The van der Waals surface area contributed by atoms with Gasteiger partial charge < -0.3 is 14.6 Å². The summed E-state index contributed by atoms with van der Waals surface area (Å²) in [6, 6.07) is 16.4. The van der Waals surface area contributed by atoms with Crippen molar-refractivity contribution in [2.75, 3.05) is 31.6 Å². The Balaban J connectivity index is 1.38. The van der Waals surface area contributed by atoms with E-state index in [4.69, 9.17) is 4.74 Å². The Morgan fingerprint density at radius 2 is 1.85 bits per heavy atom. The number of thioether (sulfide) groups is 1. The zero-order valence-electron chi connectivity index (χ0n) is 18.5. The average molecular weight is 499 g/mol. The van der Waals surface area contributed by atoms with Crippen LogP contribution in [0.15, 0.2) is 77.0 Å². The largest absolute Gasteiger partial charge is 0.379 e. The van der Waals surface area contributed by atoms with Crippen molar-refractivity contribution in [2.24, 2.45) is 0 Å². The minimum atomic E-state index is -3.66. The number of hydrogen-bond donors (Lipinski definition) is 1. The van der Waals surface area contributed by atoms with Crippen LogP contribution in [0.2, 0.25) is 0 Å². The molecule has 1 N–H and O–H groups in total. The summed E-state index contributed by atoms with van der Waals surface area (Å²) in [4.78, 5) is 18.1. The highest BCUT2D eigenvalue weighted by molar-refractivity contribution is 8.00. The SMILES string of the molecule is O=C(Nc1cccc(S(=O)(=O)N2CCOCC2)c1)C(Sc1nccn1C1CC1)c1ccccc1. The topological polar surface area (TPSA) is 93.5 Å². The number of carbonyl (C=O) groups excluding carboxylic acids is 1. The molecule has 5 rings (SSSR count). The van der Waals surface area contributed by atoms with Crippen LogP contribution in [0.1, 0.15) is 29.7 Å². The van der Waals surface area contributed by atoms with Crippen molar-refractivity contribution in [2.45, 2.75) is 34.2 Å². The first-order valence-electron chi connectivity index (χ1n) is 11.3. The van der Waals surface area contributed by atoms with Crippen molar-refractivity contribution in [3.8, 4) is 0 Å². The van der Waals surface area contributed by atoms with Crippen LogP contribution in [0.5, 0.6) is 0 Å². The summed E-state index contributed by atoms with van der Waals surface area (Å²) in [6.45, 7) is 1.39. The van der Waals surface area contributed by atoms with Gasteiger partial charge in [0.1, 0.15) is 5.25 Å². The van der Waals surface area contributed by atoms with E-state index >= 15 is 0 Å². The molecule has 2 aromatic carbocycles. The molecule has 1 saturated carbocycles. The molecule has 2 fully saturated rings. The Morgan fingerprint density at radius 1 is 1.09 bits per heavy atom. The standard InChI is InChI=1S/C24H26N4O4S2/c29-23(26-19-7-4-8-21(17-19)34(30,31)27-13-15-32-16-14-27)22(18-5-2-1-3-6-18)33-24-25-11-12-28(24)20-9-10-20/h1-8,11-12,17,20,22H,9-10,13-16H2,(H,26,29). The number of nitrogens with one attached hydrogen (secondary N) is 1. The summed E-state index contributed by atoms with van der Waals surface area (Å²) < 4.78 is 34.9. The molecule has 2 heterocycles. The van der Waals surface area contributed by atoms with Gasteiger partial charge >= 0.3 is 0 Å². The summed E-state index contributed by atoms with van der Waals surface area (Å²) in [7, 11) is -3.66. The third-order valence-corrected chi connectivity index (χ3v) is 8.99. The van der Waals surface area contributed by atoms with Gasteiger partial charge in [-0.15, -0.1) is 0 Å². The predicted octanol–water partition coefficient (Wildman–Crippen LogP) is 3.71. The van der Waals surface area contributed by atoms with Gasteiger partial charge in [0.2, 0.25) is 15.9 Å². The number of imidazole rings is 1. The van der Waals surface area contributed by atoms with Crippen molar-refractivity contribution >= 4 is 33.4 Å². The van der Waals surface area contributed by atoms with Gasteiger partial charge in [-0.2, -0.15) is 4.31 Å². The Morgan fingerprint density at radius 3 is 2.59 bits per heavy atom. The molecule has 1 amide bonds. The van der Waals surface area contributed by atoms with Crippen molar-refractivity contribution < 1.29 is 17.9 Å². The van der Waals surface area contributed by atoms with Gasteiger partial charge in [0.15, 0.2) is 5.16 Å². The monoisotopic (exact) mass is 498 g/mol. The lowest BCUT2D eigenvalue weighted by Gasteiger charge is -2.26. The number of carbonyl (C=O) groups is 1. The zero-order chi connectivity index (χ0) is 23.5. The molecule has 8 nitrogen and oxygen atoms in total. The molecule has 0 radical (unpaired) electrons. The lowest BCUT2D eigenvalue weighted by atomic mass is 10.1. The van der Waals surface area contributed by atoms with Crippen molar-refractivity contribution in [1.82, 2.24) is 13.9 Å². The van der Waals surface area contributed by atoms with Gasteiger partial charge in [-0.1, -0.05) is 48.2 Å². The van der Waals surface area contributed by atoms with E-state index in [2.05, 4.69) is 14.9 Å². The lowest BCUT2D eigenvalue weighted by Crippen LogP contribution is -2.40. The first kappa shape index (κ1) is 23.1. The number of aromatic nitrogens is 2. The van der Waals surface area contributed by atoms with E-state index in [0.29, 0.717) is 38.0 Å². The second-order valence-electron chi connectivity index (χ2n) is 8.29. The van der Waals surface area contributed by atoms with Gasteiger partial charge in [0.25, 0.3) is 0 Å². The van der Waals surface area contributed by atoms with Gasteiger partial charge in [-0.25, -0.2) is 13.4 Å². The predicted molar refractivity (Wildman–Crippen MR) is 130 cm³/mol. The highest BCUT2D eigenvalue weighted by Crippen LogP contribution is 2.41. The molecule has 10 heteroatoms. The molecule has 1 aliphatic heterocycles. The van der Waals surface area contributed by atoms with Crippen LogP contribution in [0.25, 0.3) is 0 Å². The first-order valence-corrected chi connectivity index (χ1v) is 13.6. The second kappa shape index (κ2) is 9.91. The van der Waals surface area contributed by atoms with E-state index in [1.807, 2.05) is 36.5 Å². The Hall–Kier alpha value is -2.66. The maximum Gasteiger partial charge on any atom is 0.243 e. The molecule has 1 aromatic heterocycles. The van der Waals surface area contributed by atoms with Crippen LogP contribution in [0, 0.1) is 0 Å². The van der Waals surface area contributed by atoms with Crippen molar-refractivity contribution in [3.63, 3.8) is 0 Å². The third-order valence-electron chi connectivity index (χ3n) is 5.85. The van der Waals surface area contributed by atoms with Gasteiger partial charge in [-0.3, -0.25) is 4.79 Å². The molecule has 1 unspecified atom stereocenters. The third kappa shape index (κ3) is 5.05. The Kier molecular flexibility index (Phi) is 6.73. The van der Waals surface area contributed by atoms with E-state index in [9.17, 15) is 13.2 Å². The number of sulfonamides is 1. The van der Waals surface area contributed by atoms with Crippen LogP contribution in [-0.4, -0.2) is 54.5 Å². The normalized spacial score (nSPS) is 17.9. The van der Waals surface area contributed by atoms with Crippen molar-refractivity contribution in [1.29, 1.82) is 0 Å². The minimum absolute atomic E-state index is 0.153. The Labute approximate surface area is 203 Å². The van der Waals surface area contributed by atoms with E-state index < -0.39 is 15.3 Å². The fourth-order valence-electron chi connectivity index (χ4n) is 3.91. The van der Waals surface area contributed by atoms with E-state index in [-0.39, 0.29) is 10.8 Å². The zero-order valence-corrected chi connectivity index (χ0v) is 20.2. The highest BCUT2D eigenvalue weighted by atomic mass is 32.2. The minimum Gasteiger partial charge on any atom is -0.379 e. The molecule has 0 spiro atoms. The van der Waals surface area contributed by atoms with Gasteiger partial charge in [-0.05, 0) is 36.6 Å². The van der Waals surface area contributed by atoms with Gasteiger partial charge in [0.05, 0.1) is 18.1 Å². The van der Waals surface area contributed by atoms with Crippen LogP contribution in [-0.2, 0) is 19.6 Å². The number of anilines is 1. The molecular formula is C24H26N4O4S2. The van der Waals surface area contributed by atoms with Gasteiger partial charge in [0, 0.05) is 37.2 Å². The average Bonchev–Trinajstić information content (AvgIpc) is 3.61. The molecule has 178 valence electrons. The summed E-state index contributed by atoms with van der Waals surface area (Å²) in [5.41, 5.74) is 1.29. The number of amides is 1. The molecule has 34 heavy (non-hydrogen) atoms. The summed E-state index contributed by atoms with van der Waals surface area (Å²) >= 11 is 1.40. The smallest absolute Gasteiger partial charge is 0.243 e. The van der Waals surface area contributed by atoms with Crippen molar-refractivity contribution in [3.05, 3.63) is 72.6 Å². The number of rotatable bonds is 8. The van der Waals surface area contributed by atoms with Crippen LogP contribution < -0.4 is 5.32 Å². The number of hydrogen-bond acceptors (Lipinski definition) is 6. The fourth-order valence-corrected chi connectivity index (χ4v) is 6.48. The number of benzene rings is 2. The van der Waals surface area contributed by atoms with Crippen LogP contribution in [0.3, 0.4) is 0 Å². The molecule has 1 saturated heterocycles. The maximum absolute atomic E-state index is 13.5. The van der Waals surface area contributed by atoms with Crippen LogP contribution in [0.4, 0.5) is 5.69 Å². The fraction of sp³-hybridized carbons (Fsp3) is 0.333. The van der Waals surface area contributed by atoms with E-state index in [1.165, 1.54) is 22.1 Å². The number of ether oxygens (including phenoxy) is 1. The molecule has 3 aromatic rings. The maximum atomic E-state index is 13.5. The molecule has 0 bridgehead atoms. The number of morpholine rings is 1. The van der Waals surface area contributed by atoms with E-state index in [0.717, 1.165) is 23.6 Å². The quantitative estimate of drug-likeness (QED) is 0.476. The summed E-state index contributed by atoms with van der Waals surface area (Å²) in [5.74, 6) is -0.234. The molecular weight excluding hydrogens is 472 g/mol. The second-order valence-corrected chi connectivity index (χ2v) is 11.3. The summed E-state index contributed by atoms with van der Waals surface area (Å²) in [6.07, 6.45) is 5.97. The number of nitrogens with zero attached hydrogens (tertiary/aromatic N) is 3. The van der Waals surface area contributed by atoms with Crippen LogP contribution >= 0.6 is 11.8 Å². The Bertz CT molecular complexity index is 1250. The summed E-state index contributed by atoms with van der Waals surface area (Å²) in [5, 5.41) is 3.19. The lowest BCUT2D eigenvalue weighted by molar-refractivity contribution is -0.115. The van der Waals surface area contributed by atoms with E-state index in [1.54, 1.807) is 24.4 Å². The first-order chi connectivity index (χ1) is 16.5. The molecule has 2 aliphatic rings. The molecule has 1 atom stereocenters. The highest BCUT2D eigenvalue weighted by Gasteiger charge is 2.30.